The van der Waals surface area contributed by atoms with Crippen LogP contribution in [-0.4, -0.2) is 54.4 Å². The van der Waals surface area contributed by atoms with Crippen LogP contribution in [0.25, 0.3) is 6.08 Å². The smallest absolute Gasteiger partial charge is 0.271 e. The van der Waals surface area contributed by atoms with Crippen molar-refractivity contribution < 1.29 is 24.1 Å². The number of aromatic hydroxyl groups is 1. The van der Waals surface area contributed by atoms with Crippen LogP contribution >= 0.6 is 33.9 Å². The number of rotatable bonds is 9. The number of carbonyl (C=O) groups is 1. The molecule has 1 amide bonds. The van der Waals surface area contributed by atoms with Crippen molar-refractivity contribution >= 4 is 45.9 Å². The largest absolute Gasteiger partial charge is 0.504 e. The molecule has 0 saturated carbocycles. The summed E-state index contributed by atoms with van der Waals surface area (Å²) in [6.45, 7) is 8.89. The van der Waals surface area contributed by atoms with Crippen LogP contribution in [0.1, 0.15) is 44.9 Å². The van der Waals surface area contributed by atoms with Crippen LogP contribution in [0.3, 0.4) is 0 Å². The molecule has 11 heteroatoms. The topological polar surface area (TPSA) is 103 Å². The summed E-state index contributed by atoms with van der Waals surface area (Å²) in [5, 5.41) is 10.4. The summed E-state index contributed by atoms with van der Waals surface area (Å²) < 4.78 is 19.4. The van der Waals surface area contributed by atoms with Gasteiger partial charge in [-0.1, -0.05) is 11.3 Å². The van der Waals surface area contributed by atoms with Gasteiger partial charge in [0.1, 0.15) is 17.5 Å². The lowest BCUT2D eigenvalue weighted by Crippen LogP contribution is -2.43. The van der Waals surface area contributed by atoms with Crippen LogP contribution in [0.5, 0.6) is 23.0 Å². The van der Waals surface area contributed by atoms with Crippen LogP contribution in [0, 0.1) is 3.57 Å². The number of carbonyl (C=O) groups excluding carboxylic acids is 1. The molecular formula is C29H32IN3O6S. The number of allylic oxidation sites excluding steroid dienone is 1. The van der Waals surface area contributed by atoms with Gasteiger partial charge in [-0.25, -0.2) is 4.99 Å². The van der Waals surface area contributed by atoms with Crippen molar-refractivity contribution in [2.75, 3.05) is 33.9 Å². The van der Waals surface area contributed by atoms with Crippen molar-refractivity contribution in [3.05, 3.63) is 76.0 Å². The highest BCUT2D eigenvalue weighted by atomic mass is 127. The molecule has 4 rings (SSSR count). The second kappa shape index (κ2) is 12.5. The number of aromatic nitrogens is 1. The van der Waals surface area contributed by atoms with Crippen molar-refractivity contribution in [1.82, 2.24) is 9.47 Å². The number of amides is 1. The molecule has 0 bridgehead atoms. The second-order valence-electron chi connectivity index (χ2n) is 8.95. The first-order chi connectivity index (χ1) is 19.2. The van der Waals surface area contributed by atoms with Gasteiger partial charge in [0.05, 0.1) is 40.2 Å². The molecule has 2 aromatic carbocycles. The van der Waals surface area contributed by atoms with E-state index >= 15 is 0 Å². The van der Waals surface area contributed by atoms with Gasteiger partial charge in [-0.05, 0) is 92.3 Å². The van der Waals surface area contributed by atoms with Crippen molar-refractivity contribution in [3.63, 3.8) is 0 Å². The van der Waals surface area contributed by atoms with E-state index < -0.39 is 6.04 Å². The van der Waals surface area contributed by atoms with E-state index in [-0.39, 0.29) is 17.2 Å². The van der Waals surface area contributed by atoms with E-state index in [0.717, 1.165) is 0 Å². The fourth-order valence-electron chi connectivity index (χ4n) is 4.72. The lowest BCUT2D eigenvalue weighted by Gasteiger charge is -2.30. The Hall–Kier alpha value is -3.32. The molecule has 0 aliphatic carbocycles. The number of halogens is 1. The van der Waals surface area contributed by atoms with Gasteiger partial charge in [-0.15, -0.1) is 0 Å². The maximum atomic E-state index is 14.1. The number of hydrogen-bond donors (Lipinski definition) is 1. The van der Waals surface area contributed by atoms with E-state index in [9.17, 15) is 14.7 Å². The van der Waals surface area contributed by atoms with Crippen LogP contribution < -0.4 is 29.1 Å². The summed E-state index contributed by atoms with van der Waals surface area (Å²) in [6, 6.07) is 8.03. The van der Waals surface area contributed by atoms with Crippen molar-refractivity contribution in [2.45, 2.75) is 33.7 Å². The quantitative estimate of drug-likeness (QED) is 0.346. The van der Waals surface area contributed by atoms with E-state index in [4.69, 9.17) is 19.2 Å². The standard InChI is InChI=1S/C29H32IN3O6S/c1-7-32(8-2)28(36)24-16(4)31-29-33(25(24)19-15-18(37-5)10-11-21(19)38-6)27(35)23(40-29)14-17-12-20(30)26(34)22(13-17)39-9-3/h10-15,25,34H,7-9H2,1-6H3/b23-14+/t25-/m0/s1. The molecule has 0 unspecified atom stereocenters. The van der Waals surface area contributed by atoms with Gasteiger partial charge in [0.15, 0.2) is 16.3 Å². The number of nitrogens with zero attached hydrogens (tertiary/aromatic N) is 3. The highest BCUT2D eigenvalue weighted by Gasteiger charge is 2.36. The molecule has 1 aromatic heterocycles. The van der Waals surface area contributed by atoms with Gasteiger partial charge >= 0.3 is 0 Å². The molecule has 0 saturated heterocycles. The Morgan fingerprint density at radius 1 is 1.15 bits per heavy atom. The summed E-state index contributed by atoms with van der Waals surface area (Å²) >= 11 is 3.27. The first-order valence-corrected chi connectivity index (χ1v) is 14.8. The average molecular weight is 678 g/mol. The van der Waals surface area contributed by atoms with Gasteiger partial charge in [-0.2, -0.15) is 0 Å². The van der Waals surface area contributed by atoms with Crippen LogP contribution in [0.2, 0.25) is 0 Å². The third kappa shape index (κ3) is 5.49. The third-order valence-electron chi connectivity index (χ3n) is 6.68. The number of benzene rings is 2. The number of fused-ring (bicyclic) bond motifs is 1. The highest BCUT2D eigenvalue weighted by molar-refractivity contribution is 14.1. The third-order valence-corrected chi connectivity index (χ3v) is 8.49. The minimum atomic E-state index is -0.782. The zero-order valence-electron chi connectivity index (χ0n) is 23.3. The summed E-state index contributed by atoms with van der Waals surface area (Å²) in [7, 11) is 3.12. The predicted molar refractivity (Wildman–Crippen MR) is 163 cm³/mol. The molecule has 0 fully saturated rings. The lowest BCUT2D eigenvalue weighted by atomic mass is 9.93. The molecule has 1 aliphatic heterocycles. The molecule has 40 heavy (non-hydrogen) atoms. The zero-order chi connectivity index (χ0) is 29.1. The molecule has 0 radical (unpaired) electrons. The fraction of sp³-hybridized carbons (Fsp3) is 0.345. The molecule has 0 spiro atoms. The van der Waals surface area contributed by atoms with Gasteiger partial charge < -0.3 is 24.2 Å². The van der Waals surface area contributed by atoms with E-state index in [0.29, 0.717) is 72.2 Å². The van der Waals surface area contributed by atoms with Gasteiger partial charge in [0.2, 0.25) is 0 Å². The maximum absolute atomic E-state index is 14.1. The Morgan fingerprint density at radius 2 is 1.88 bits per heavy atom. The molecule has 1 N–H and O–H groups in total. The van der Waals surface area contributed by atoms with Gasteiger partial charge in [0.25, 0.3) is 11.5 Å². The number of phenols is 1. The Bertz CT molecular complexity index is 1660. The maximum Gasteiger partial charge on any atom is 0.271 e. The van der Waals surface area contributed by atoms with E-state index in [1.54, 1.807) is 67.0 Å². The predicted octanol–water partition coefficient (Wildman–Crippen LogP) is 3.83. The number of likely N-dealkylation sites (N-methyl/N-ethyl adjacent to an activating group) is 1. The van der Waals surface area contributed by atoms with Gasteiger partial charge in [-0.3, -0.25) is 14.2 Å². The number of thiazole rings is 1. The van der Waals surface area contributed by atoms with Crippen molar-refractivity contribution in [2.24, 2.45) is 4.99 Å². The van der Waals surface area contributed by atoms with E-state index in [1.165, 1.54) is 11.3 Å². The Balaban J connectivity index is 2.01. The van der Waals surface area contributed by atoms with Crippen LogP contribution in [0.4, 0.5) is 0 Å². The van der Waals surface area contributed by atoms with Crippen LogP contribution in [0.15, 0.2) is 51.4 Å². The van der Waals surface area contributed by atoms with E-state index in [1.807, 2.05) is 43.4 Å². The van der Waals surface area contributed by atoms with Gasteiger partial charge in [0, 0.05) is 18.7 Å². The highest BCUT2D eigenvalue weighted by Crippen LogP contribution is 2.38. The first kappa shape index (κ1) is 29.7. The molecular weight excluding hydrogens is 645 g/mol. The molecule has 212 valence electrons. The minimum Gasteiger partial charge on any atom is -0.504 e. The number of phenolic OH excluding ortho intramolecular Hbond substituents is 1. The monoisotopic (exact) mass is 677 g/mol. The normalized spacial score (nSPS) is 15.0. The summed E-state index contributed by atoms with van der Waals surface area (Å²) in [5.74, 6) is 1.31. The summed E-state index contributed by atoms with van der Waals surface area (Å²) in [4.78, 5) is 34.9. The number of methoxy groups -OCH3 is 2. The number of ether oxygens (including phenoxy) is 3. The van der Waals surface area contributed by atoms with Crippen molar-refractivity contribution in [1.29, 1.82) is 0 Å². The van der Waals surface area contributed by atoms with E-state index in [2.05, 4.69) is 0 Å². The molecule has 1 atom stereocenters. The molecule has 3 aromatic rings. The Morgan fingerprint density at radius 3 is 2.50 bits per heavy atom. The lowest BCUT2D eigenvalue weighted by molar-refractivity contribution is -0.127. The first-order valence-electron chi connectivity index (χ1n) is 12.9. The fourth-order valence-corrected chi connectivity index (χ4v) is 6.39. The SMILES string of the molecule is CCOc1cc(/C=c2/sc3n(c2=O)[C@@H](c2cc(OC)ccc2OC)C(C(=O)N(CC)CC)=C(C)N=3)cc(I)c1O. The van der Waals surface area contributed by atoms with Crippen LogP contribution in [-0.2, 0) is 4.79 Å². The summed E-state index contributed by atoms with van der Waals surface area (Å²) in [6.07, 6.45) is 1.75. The molecule has 9 nitrogen and oxygen atoms in total. The summed E-state index contributed by atoms with van der Waals surface area (Å²) in [5.41, 5.74) is 1.97. The zero-order valence-corrected chi connectivity index (χ0v) is 26.3. The Kier molecular flexibility index (Phi) is 9.24. The Labute approximate surface area is 250 Å². The molecule has 2 heterocycles. The molecule has 1 aliphatic rings. The van der Waals surface area contributed by atoms with Crippen molar-refractivity contribution in [3.8, 4) is 23.0 Å². The second-order valence-corrected chi connectivity index (χ2v) is 11.1. The minimum absolute atomic E-state index is 0.0568. The average Bonchev–Trinajstić information content (AvgIpc) is 3.24. The number of hydrogen-bond acceptors (Lipinski definition) is 8.